The van der Waals surface area contributed by atoms with E-state index >= 15 is 0 Å². The van der Waals surface area contributed by atoms with Crippen LogP contribution in [0.3, 0.4) is 0 Å². The van der Waals surface area contributed by atoms with Crippen LogP contribution in [-0.2, 0) is 6.42 Å². The molecule has 0 bridgehead atoms. The molecule has 100 valence electrons. The van der Waals surface area contributed by atoms with Gasteiger partial charge < -0.3 is 0 Å². The van der Waals surface area contributed by atoms with Gasteiger partial charge in [0.2, 0.25) is 0 Å². The van der Waals surface area contributed by atoms with Crippen LogP contribution in [0.5, 0.6) is 0 Å². The van der Waals surface area contributed by atoms with Crippen molar-refractivity contribution in [3.05, 3.63) is 58.0 Å². The van der Waals surface area contributed by atoms with Gasteiger partial charge in [-0.15, -0.1) is 0 Å². The SMILES string of the molecule is O=C1CCc2ccc(=CCl)c(=CCl)c2-c2ccccc21. The average molecular weight is 303 g/mol. The molecule has 1 aliphatic carbocycles. The number of carbonyl (C=O) groups is 1. The van der Waals surface area contributed by atoms with Crippen LogP contribution in [0.1, 0.15) is 22.3 Å². The number of aryl methyl sites for hydroxylation is 1. The van der Waals surface area contributed by atoms with Crippen molar-refractivity contribution in [1.82, 2.24) is 0 Å². The topological polar surface area (TPSA) is 17.1 Å². The summed E-state index contributed by atoms with van der Waals surface area (Å²) in [6, 6.07) is 11.7. The summed E-state index contributed by atoms with van der Waals surface area (Å²) < 4.78 is 0. The molecule has 0 aromatic heterocycles. The van der Waals surface area contributed by atoms with Gasteiger partial charge in [0.15, 0.2) is 5.78 Å². The highest BCUT2D eigenvalue weighted by molar-refractivity contribution is 6.40. The van der Waals surface area contributed by atoms with Crippen LogP contribution in [0.4, 0.5) is 0 Å². The van der Waals surface area contributed by atoms with Crippen molar-refractivity contribution in [3.8, 4) is 11.1 Å². The molecule has 0 radical (unpaired) electrons. The van der Waals surface area contributed by atoms with E-state index in [2.05, 4.69) is 0 Å². The molecule has 1 aliphatic rings. The first kappa shape index (κ1) is 13.4. The van der Waals surface area contributed by atoms with E-state index in [1.54, 1.807) is 5.54 Å². The number of fused-ring (bicyclic) bond motifs is 3. The highest BCUT2D eigenvalue weighted by Gasteiger charge is 2.20. The molecule has 2 aromatic rings. The zero-order valence-electron chi connectivity index (χ0n) is 10.7. The van der Waals surface area contributed by atoms with Gasteiger partial charge in [-0.1, -0.05) is 59.6 Å². The maximum absolute atomic E-state index is 12.3. The minimum absolute atomic E-state index is 0.175. The molecule has 3 rings (SSSR count). The van der Waals surface area contributed by atoms with Gasteiger partial charge in [0.05, 0.1) is 0 Å². The number of benzene rings is 2. The zero-order valence-corrected chi connectivity index (χ0v) is 12.2. The van der Waals surface area contributed by atoms with E-state index in [1.165, 1.54) is 5.54 Å². The summed E-state index contributed by atoms with van der Waals surface area (Å²) in [5.74, 6) is 0.175. The van der Waals surface area contributed by atoms with Gasteiger partial charge in [-0.05, 0) is 28.3 Å². The van der Waals surface area contributed by atoms with Gasteiger partial charge in [-0.25, -0.2) is 0 Å². The second-order valence-electron chi connectivity index (χ2n) is 4.79. The standard InChI is InChI=1S/C17H12Cl2O/c18-9-12-6-5-11-7-8-16(20)13-3-1-2-4-14(13)17(11)15(12)10-19/h1-6,9-10H,7-8H2. The summed E-state index contributed by atoms with van der Waals surface area (Å²) in [6.45, 7) is 0. The normalized spacial score (nSPS) is 15.8. The van der Waals surface area contributed by atoms with E-state index in [0.29, 0.717) is 6.42 Å². The zero-order chi connectivity index (χ0) is 14.1. The first-order valence-electron chi connectivity index (χ1n) is 6.41. The fourth-order valence-corrected chi connectivity index (χ4v) is 3.17. The molecular weight excluding hydrogens is 291 g/mol. The molecule has 0 amide bonds. The molecule has 0 atom stereocenters. The second kappa shape index (κ2) is 5.43. The second-order valence-corrected chi connectivity index (χ2v) is 5.23. The molecular formula is C17H12Cl2O. The van der Waals surface area contributed by atoms with Crippen molar-refractivity contribution in [1.29, 1.82) is 0 Å². The van der Waals surface area contributed by atoms with Gasteiger partial charge in [0.1, 0.15) is 0 Å². The molecule has 1 nitrogen and oxygen atoms in total. The average Bonchev–Trinajstić information content (AvgIpc) is 2.64. The minimum atomic E-state index is 0.175. The Labute approximate surface area is 127 Å². The molecule has 0 saturated carbocycles. The Morgan fingerprint density at radius 2 is 1.65 bits per heavy atom. The maximum Gasteiger partial charge on any atom is 0.163 e. The minimum Gasteiger partial charge on any atom is -0.294 e. The molecule has 0 unspecified atom stereocenters. The summed E-state index contributed by atoms with van der Waals surface area (Å²) in [5, 5.41) is 1.74. The van der Waals surface area contributed by atoms with Crippen molar-refractivity contribution >= 4 is 40.1 Å². The van der Waals surface area contributed by atoms with Crippen LogP contribution >= 0.6 is 23.2 Å². The Morgan fingerprint density at radius 1 is 0.900 bits per heavy atom. The van der Waals surface area contributed by atoms with Crippen LogP contribution in [0, 0.1) is 0 Å². The van der Waals surface area contributed by atoms with Crippen molar-refractivity contribution < 1.29 is 4.79 Å². The van der Waals surface area contributed by atoms with Crippen LogP contribution in [0.2, 0.25) is 0 Å². The Hall–Kier alpha value is -1.57. The Kier molecular flexibility index (Phi) is 3.64. The molecule has 3 heteroatoms. The summed E-state index contributed by atoms with van der Waals surface area (Å²) in [4.78, 5) is 12.3. The number of hydrogen-bond acceptors (Lipinski definition) is 1. The number of carbonyl (C=O) groups excluding carboxylic acids is 1. The Balaban J connectivity index is 2.49. The van der Waals surface area contributed by atoms with Crippen LogP contribution in [0.25, 0.3) is 22.2 Å². The lowest BCUT2D eigenvalue weighted by molar-refractivity contribution is 0.0984. The quantitative estimate of drug-likeness (QED) is 0.728. The number of Topliss-reactive ketones (excluding diaryl/α,β-unsaturated/α-hetero) is 1. The van der Waals surface area contributed by atoms with Crippen molar-refractivity contribution in [2.75, 3.05) is 0 Å². The number of rotatable bonds is 0. The third-order valence-electron chi connectivity index (χ3n) is 3.71. The van der Waals surface area contributed by atoms with E-state index in [4.69, 9.17) is 23.2 Å². The van der Waals surface area contributed by atoms with Gasteiger partial charge >= 0.3 is 0 Å². The van der Waals surface area contributed by atoms with E-state index in [1.807, 2.05) is 36.4 Å². The van der Waals surface area contributed by atoms with Crippen LogP contribution in [-0.4, -0.2) is 5.78 Å². The first-order valence-corrected chi connectivity index (χ1v) is 7.29. The van der Waals surface area contributed by atoms with Crippen molar-refractivity contribution in [2.45, 2.75) is 12.8 Å². The molecule has 0 spiro atoms. The molecule has 20 heavy (non-hydrogen) atoms. The van der Waals surface area contributed by atoms with E-state index < -0.39 is 0 Å². The smallest absolute Gasteiger partial charge is 0.163 e. The Bertz CT molecular complexity index is 806. The summed E-state index contributed by atoms with van der Waals surface area (Å²) in [7, 11) is 0. The molecule has 0 saturated heterocycles. The van der Waals surface area contributed by atoms with Crippen LogP contribution < -0.4 is 10.4 Å². The largest absolute Gasteiger partial charge is 0.294 e. The predicted molar refractivity (Wildman–Crippen MR) is 84.4 cm³/mol. The molecule has 2 aromatic carbocycles. The van der Waals surface area contributed by atoms with Crippen LogP contribution in [0.15, 0.2) is 36.4 Å². The molecule has 0 aliphatic heterocycles. The van der Waals surface area contributed by atoms with E-state index in [9.17, 15) is 4.79 Å². The fraction of sp³-hybridized carbons (Fsp3) is 0.118. The van der Waals surface area contributed by atoms with E-state index in [0.717, 1.165) is 39.1 Å². The van der Waals surface area contributed by atoms with Gasteiger partial charge in [-0.2, -0.15) is 0 Å². The number of halogens is 2. The summed E-state index contributed by atoms with van der Waals surface area (Å²) >= 11 is 11.9. The van der Waals surface area contributed by atoms with E-state index in [-0.39, 0.29) is 5.78 Å². The lowest BCUT2D eigenvalue weighted by atomic mass is 9.94. The molecule has 0 fully saturated rings. The highest BCUT2D eigenvalue weighted by Crippen LogP contribution is 2.29. The van der Waals surface area contributed by atoms with Gasteiger partial charge in [0.25, 0.3) is 0 Å². The first-order chi connectivity index (χ1) is 9.76. The maximum atomic E-state index is 12.3. The predicted octanol–water partition coefficient (Wildman–Crippen LogP) is 3.44. The highest BCUT2D eigenvalue weighted by atomic mass is 35.5. The lowest BCUT2D eigenvalue weighted by Gasteiger charge is -2.10. The third kappa shape index (κ3) is 2.07. The van der Waals surface area contributed by atoms with Gasteiger partial charge in [-0.3, -0.25) is 4.79 Å². The Morgan fingerprint density at radius 3 is 2.35 bits per heavy atom. The fourth-order valence-electron chi connectivity index (χ4n) is 2.75. The summed E-state index contributed by atoms with van der Waals surface area (Å²) in [5.41, 5.74) is 6.92. The monoisotopic (exact) mass is 302 g/mol. The molecule has 0 heterocycles. The van der Waals surface area contributed by atoms with Crippen molar-refractivity contribution in [3.63, 3.8) is 0 Å². The van der Waals surface area contributed by atoms with Gasteiger partial charge in [0, 0.05) is 28.3 Å². The van der Waals surface area contributed by atoms with Crippen molar-refractivity contribution in [2.24, 2.45) is 0 Å². The number of hydrogen-bond donors (Lipinski definition) is 0. The lowest BCUT2D eigenvalue weighted by Crippen LogP contribution is -2.26. The molecule has 0 N–H and O–H groups in total. The summed E-state index contributed by atoms with van der Waals surface area (Å²) in [6.07, 6.45) is 1.25. The third-order valence-corrected chi connectivity index (χ3v) is 4.16. The number of ketones is 1.